The Balaban J connectivity index is 3.33. The molecule has 4 nitrogen and oxygen atoms in total. The van der Waals surface area contributed by atoms with Crippen molar-refractivity contribution in [3.05, 3.63) is 28.3 Å². The number of phenols is 1. The van der Waals surface area contributed by atoms with Gasteiger partial charge in [-0.3, -0.25) is 0 Å². The van der Waals surface area contributed by atoms with Crippen LogP contribution in [-0.2, 0) is 4.74 Å². The fourth-order valence-electron chi connectivity index (χ4n) is 0.922. The first kappa shape index (κ1) is 10.4. The smallest absolute Gasteiger partial charge is 0.339 e. The Labute approximate surface area is 85.3 Å². The van der Waals surface area contributed by atoms with Crippen LogP contribution in [0.2, 0.25) is 5.02 Å². The molecule has 0 unspecified atom stereocenters. The van der Waals surface area contributed by atoms with Crippen LogP contribution >= 0.6 is 11.6 Å². The maximum Gasteiger partial charge on any atom is 0.339 e. The number of aromatic hydroxyl groups is 1. The molecule has 0 saturated heterocycles. The summed E-state index contributed by atoms with van der Waals surface area (Å²) in [6.07, 6.45) is 0. The number of halogens is 1. The van der Waals surface area contributed by atoms with Gasteiger partial charge in [-0.1, -0.05) is 11.6 Å². The van der Waals surface area contributed by atoms with Gasteiger partial charge in [0.2, 0.25) is 0 Å². The predicted molar refractivity (Wildman–Crippen MR) is 49.2 cm³/mol. The van der Waals surface area contributed by atoms with Gasteiger partial charge in [0.1, 0.15) is 6.07 Å². The number of carbonyl (C=O) groups is 1. The molecule has 5 heteroatoms. The van der Waals surface area contributed by atoms with Crippen molar-refractivity contribution in [1.82, 2.24) is 0 Å². The Morgan fingerprint density at radius 3 is 2.79 bits per heavy atom. The van der Waals surface area contributed by atoms with E-state index in [0.29, 0.717) is 0 Å². The first-order chi connectivity index (χ1) is 6.61. The molecule has 72 valence electrons. The van der Waals surface area contributed by atoms with Crippen molar-refractivity contribution in [1.29, 1.82) is 5.26 Å². The Morgan fingerprint density at radius 1 is 1.64 bits per heavy atom. The topological polar surface area (TPSA) is 70.3 Å². The second kappa shape index (κ2) is 3.99. The first-order valence-electron chi connectivity index (χ1n) is 3.61. The van der Waals surface area contributed by atoms with Crippen molar-refractivity contribution < 1.29 is 14.6 Å². The molecular weight excluding hydrogens is 206 g/mol. The van der Waals surface area contributed by atoms with Crippen molar-refractivity contribution in [3.63, 3.8) is 0 Å². The van der Waals surface area contributed by atoms with Crippen LogP contribution in [0.3, 0.4) is 0 Å². The minimum absolute atomic E-state index is 0.0163. The lowest BCUT2D eigenvalue weighted by atomic mass is 10.1. The third-order valence-corrected chi connectivity index (χ3v) is 2.02. The normalized spacial score (nSPS) is 9.21. The Kier molecular flexibility index (Phi) is 2.95. The molecule has 0 aromatic heterocycles. The van der Waals surface area contributed by atoms with E-state index in [1.165, 1.54) is 19.2 Å². The lowest BCUT2D eigenvalue weighted by Gasteiger charge is -2.04. The van der Waals surface area contributed by atoms with Crippen LogP contribution in [0.1, 0.15) is 15.9 Å². The number of hydrogen-bond acceptors (Lipinski definition) is 4. The molecule has 0 amide bonds. The van der Waals surface area contributed by atoms with Crippen LogP contribution in [0.15, 0.2) is 12.1 Å². The summed E-state index contributed by atoms with van der Waals surface area (Å²) in [7, 11) is 1.20. The maximum absolute atomic E-state index is 11.1. The average Bonchev–Trinajstić information content (AvgIpc) is 2.21. The quantitative estimate of drug-likeness (QED) is 0.718. The molecule has 0 aliphatic rings. The summed E-state index contributed by atoms with van der Waals surface area (Å²) in [5, 5.41) is 17.7. The molecule has 0 spiro atoms. The summed E-state index contributed by atoms with van der Waals surface area (Å²) in [5.41, 5.74) is 0.0494. The molecule has 0 atom stereocenters. The van der Waals surface area contributed by atoms with Gasteiger partial charge < -0.3 is 9.84 Å². The molecule has 0 heterocycles. The van der Waals surface area contributed by atoms with E-state index in [1.807, 2.05) is 0 Å². The monoisotopic (exact) mass is 211 g/mol. The van der Waals surface area contributed by atoms with Crippen LogP contribution < -0.4 is 0 Å². The van der Waals surface area contributed by atoms with E-state index in [1.54, 1.807) is 6.07 Å². The number of methoxy groups -OCH3 is 1. The van der Waals surface area contributed by atoms with Gasteiger partial charge in [0.25, 0.3) is 0 Å². The summed E-state index contributed by atoms with van der Waals surface area (Å²) in [4.78, 5) is 11.1. The molecule has 14 heavy (non-hydrogen) atoms. The van der Waals surface area contributed by atoms with Crippen LogP contribution in [0.4, 0.5) is 0 Å². The van der Waals surface area contributed by atoms with E-state index in [2.05, 4.69) is 4.74 Å². The zero-order valence-corrected chi connectivity index (χ0v) is 8.00. The molecule has 0 saturated carbocycles. The average molecular weight is 212 g/mol. The molecule has 1 aromatic rings. The van der Waals surface area contributed by atoms with Crippen LogP contribution in [0.5, 0.6) is 5.75 Å². The van der Waals surface area contributed by atoms with Gasteiger partial charge in [0, 0.05) is 0 Å². The lowest BCUT2D eigenvalue weighted by Crippen LogP contribution is -2.02. The van der Waals surface area contributed by atoms with Gasteiger partial charge in [-0.05, 0) is 12.1 Å². The zero-order chi connectivity index (χ0) is 10.7. The number of benzene rings is 1. The fourth-order valence-corrected chi connectivity index (χ4v) is 1.16. The summed E-state index contributed by atoms with van der Waals surface area (Å²) in [5.74, 6) is -1.06. The molecule has 0 aliphatic carbocycles. The number of ether oxygens (including phenoxy) is 1. The highest BCUT2D eigenvalue weighted by Gasteiger charge is 2.16. The third-order valence-electron chi connectivity index (χ3n) is 1.64. The van der Waals surface area contributed by atoms with Gasteiger partial charge in [-0.2, -0.15) is 5.26 Å². The zero-order valence-electron chi connectivity index (χ0n) is 7.24. The standard InChI is InChI=1S/C9H6ClNO3/c1-14-9(13)6-3-2-5(4-11)8(12)7(6)10/h2-3,12H,1H3. The number of hydrogen-bond donors (Lipinski definition) is 1. The van der Waals surface area contributed by atoms with Crippen LogP contribution in [-0.4, -0.2) is 18.2 Å². The molecule has 1 aromatic carbocycles. The third kappa shape index (κ3) is 1.63. The van der Waals surface area contributed by atoms with E-state index < -0.39 is 11.7 Å². The van der Waals surface area contributed by atoms with E-state index in [-0.39, 0.29) is 16.1 Å². The molecule has 1 N–H and O–H groups in total. The van der Waals surface area contributed by atoms with Crippen LogP contribution in [0, 0.1) is 11.3 Å². The lowest BCUT2D eigenvalue weighted by molar-refractivity contribution is 0.0600. The maximum atomic E-state index is 11.1. The summed E-state index contributed by atoms with van der Waals surface area (Å²) >= 11 is 5.65. The van der Waals surface area contributed by atoms with Crippen molar-refractivity contribution in [2.45, 2.75) is 0 Å². The molecule has 1 rings (SSSR count). The Bertz CT molecular complexity index is 423. The number of nitrogens with zero attached hydrogens (tertiary/aromatic N) is 1. The molecular formula is C9H6ClNO3. The summed E-state index contributed by atoms with van der Waals surface area (Å²) in [6, 6.07) is 4.36. The largest absolute Gasteiger partial charge is 0.505 e. The summed E-state index contributed by atoms with van der Waals surface area (Å²) in [6.45, 7) is 0. The van der Waals surface area contributed by atoms with Gasteiger partial charge >= 0.3 is 5.97 Å². The minimum Gasteiger partial charge on any atom is -0.505 e. The SMILES string of the molecule is COC(=O)c1ccc(C#N)c(O)c1Cl. The van der Waals surface area contributed by atoms with Crippen molar-refractivity contribution in [2.24, 2.45) is 0 Å². The minimum atomic E-state index is -0.658. The number of nitriles is 1. The van der Waals surface area contributed by atoms with Crippen molar-refractivity contribution in [3.8, 4) is 11.8 Å². The molecule has 0 radical (unpaired) electrons. The van der Waals surface area contributed by atoms with E-state index in [0.717, 1.165) is 0 Å². The second-order valence-corrected chi connectivity index (χ2v) is 2.80. The van der Waals surface area contributed by atoms with Gasteiger partial charge in [0.15, 0.2) is 5.75 Å². The highest BCUT2D eigenvalue weighted by Crippen LogP contribution is 2.30. The van der Waals surface area contributed by atoms with Crippen molar-refractivity contribution >= 4 is 17.6 Å². The van der Waals surface area contributed by atoms with Gasteiger partial charge in [0.05, 0.1) is 23.3 Å². The van der Waals surface area contributed by atoms with E-state index in [9.17, 15) is 9.90 Å². The predicted octanol–water partition coefficient (Wildman–Crippen LogP) is 1.70. The Morgan fingerprint density at radius 2 is 2.29 bits per heavy atom. The Hall–Kier alpha value is -1.73. The molecule has 0 fully saturated rings. The molecule has 0 aliphatic heterocycles. The number of esters is 1. The summed E-state index contributed by atoms with van der Waals surface area (Å²) < 4.78 is 4.43. The number of carbonyl (C=O) groups excluding carboxylic acids is 1. The van der Waals surface area contributed by atoms with Gasteiger partial charge in [-0.15, -0.1) is 0 Å². The highest BCUT2D eigenvalue weighted by atomic mass is 35.5. The second-order valence-electron chi connectivity index (χ2n) is 2.43. The first-order valence-corrected chi connectivity index (χ1v) is 3.99. The number of phenolic OH excluding ortho intramolecular Hbond substituents is 1. The van der Waals surface area contributed by atoms with Gasteiger partial charge in [-0.25, -0.2) is 4.79 Å². The number of rotatable bonds is 1. The highest BCUT2D eigenvalue weighted by molar-refractivity contribution is 6.35. The van der Waals surface area contributed by atoms with Crippen LogP contribution in [0.25, 0.3) is 0 Å². The van der Waals surface area contributed by atoms with Crippen molar-refractivity contribution in [2.75, 3.05) is 7.11 Å². The van der Waals surface area contributed by atoms with E-state index >= 15 is 0 Å². The van der Waals surface area contributed by atoms with E-state index in [4.69, 9.17) is 16.9 Å². The fraction of sp³-hybridized carbons (Fsp3) is 0.111. The molecule has 0 bridgehead atoms.